The number of hydrogen-bond donors (Lipinski definition) is 1. The number of aryl methyl sites for hydroxylation is 1. The SMILES string of the molecule is CCC(C(=O)O)N(C)c1cccc(C)c1[N+](=O)[O-]. The number of carboxylic acid groups (broad SMARTS) is 1. The molecule has 0 saturated heterocycles. The largest absolute Gasteiger partial charge is 0.480 e. The Balaban J connectivity index is 3.28. The summed E-state index contributed by atoms with van der Waals surface area (Å²) < 4.78 is 0. The number of aliphatic carboxylic acids is 1. The molecule has 18 heavy (non-hydrogen) atoms. The molecule has 0 spiro atoms. The Morgan fingerprint density at radius 3 is 2.61 bits per heavy atom. The third kappa shape index (κ3) is 2.58. The molecule has 0 aliphatic heterocycles. The molecule has 1 atom stereocenters. The Morgan fingerprint density at radius 2 is 2.17 bits per heavy atom. The van der Waals surface area contributed by atoms with Gasteiger partial charge < -0.3 is 10.0 Å². The number of likely N-dealkylation sites (N-methyl/N-ethyl adjacent to an activating group) is 1. The highest BCUT2D eigenvalue weighted by molar-refractivity contribution is 5.80. The van der Waals surface area contributed by atoms with Crippen LogP contribution in [-0.4, -0.2) is 29.1 Å². The molecule has 6 nitrogen and oxygen atoms in total. The Hall–Kier alpha value is -2.11. The van der Waals surface area contributed by atoms with Gasteiger partial charge in [0, 0.05) is 12.6 Å². The lowest BCUT2D eigenvalue weighted by molar-refractivity contribution is -0.384. The first-order chi connectivity index (χ1) is 8.40. The van der Waals surface area contributed by atoms with Gasteiger partial charge in [0.25, 0.3) is 5.69 Å². The van der Waals surface area contributed by atoms with Gasteiger partial charge in [-0.25, -0.2) is 4.79 Å². The average Bonchev–Trinajstić information content (AvgIpc) is 2.28. The van der Waals surface area contributed by atoms with Crippen molar-refractivity contribution in [3.8, 4) is 0 Å². The molecule has 1 N–H and O–H groups in total. The Kier molecular flexibility index (Phi) is 4.25. The van der Waals surface area contributed by atoms with Gasteiger partial charge in [0.1, 0.15) is 11.7 Å². The van der Waals surface area contributed by atoms with E-state index >= 15 is 0 Å². The second-order valence-corrected chi connectivity index (χ2v) is 4.07. The number of anilines is 1. The van der Waals surface area contributed by atoms with Crippen molar-refractivity contribution >= 4 is 17.3 Å². The monoisotopic (exact) mass is 252 g/mol. The highest BCUT2D eigenvalue weighted by Gasteiger charge is 2.27. The smallest absolute Gasteiger partial charge is 0.326 e. The first-order valence-corrected chi connectivity index (χ1v) is 5.59. The summed E-state index contributed by atoms with van der Waals surface area (Å²) in [5, 5.41) is 20.2. The van der Waals surface area contributed by atoms with E-state index in [1.165, 1.54) is 4.90 Å². The number of nitro benzene ring substituents is 1. The predicted octanol–water partition coefficient (Wildman–Crippen LogP) is 2.20. The zero-order valence-electron chi connectivity index (χ0n) is 10.6. The lowest BCUT2D eigenvalue weighted by atomic mass is 10.1. The van der Waals surface area contributed by atoms with E-state index in [9.17, 15) is 14.9 Å². The van der Waals surface area contributed by atoms with E-state index in [0.29, 0.717) is 17.7 Å². The minimum absolute atomic E-state index is 0.0419. The van der Waals surface area contributed by atoms with Crippen LogP contribution in [0.4, 0.5) is 11.4 Å². The van der Waals surface area contributed by atoms with Gasteiger partial charge >= 0.3 is 5.97 Å². The van der Waals surface area contributed by atoms with E-state index < -0.39 is 16.9 Å². The number of benzene rings is 1. The molecule has 0 amide bonds. The van der Waals surface area contributed by atoms with Gasteiger partial charge in [-0.15, -0.1) is 0 Å². The molecule has 6 heteroatoms. The summed E-state index contributed by atoms with van der Waals surface area (Å²) in [7, 11) is 1.56. The van der Waals surface area contributed by atoms with Crippen molar-refractivity contribution in [3.05, 3.63) is 33.9 Å². The predicted molar refractivity (Wildman–Crippen MR) is 68.0 cm³/mol. The Labute approximate surface area is 105 Å². The van der Waals surface area contributed by atoms with Crippen molar-refractivity contribution in [2.24, 2.45) is 0 Å². The fourth-order valence-corrected chi connectivity index (χ4v) is 1.95. The highest BCUT2D eigenvalue weighted by atomic mass is 16.6. The lowest BCUT2D eigenvalue weighted by Crippen LogP contribution is -2.38. The van der Waals surface area contributed by atoms with Gasteiger partial charge in [-0.1, -0.05) is 19.1 Å². The van der Waals surface area contributed by atoms with Crippen LogP contribution in [0.15, 0.2) is 18.2 Å². The minimum atomic E-state index is -0.990. The van der Waals surface area contributed by atoms with Crippen molar-refractivity contribution in [3.63, 3.8) is 0 Å². The van der Waals surface area contributed by atoms with Gasteiger partial charge in [0.05, 0.1) is 4.92 Å². The van der Waals surface area contributed by atoms with E-state index in [1.807, 2.05) is 0 Å². The maximum absolute atomic E-state index is 11.1. The quantitative estimate of drug-likeness (QED) is 0.641. The molecule has 0 fully saturated rings. The molecule has 0 saturated carbocycles. The van der Waals surface area contributed by atoms with Gasteiger partial charge in [0.15, 0.2) is 0 Å². The van der Waals surface area contributed by atoms with Crippen LogP contribution in [-0.2, 0) is 4.79 Å². The van der Waals surface area contributed by atoms with Gasteiger partial charge in [-0.3, -0.25) is 10.1 Å². The van der Waals surface area contributed by atoms with Gasteiger partial charge in [0.2, 0.25) is 0 Å². The molecule has 1 aromatic carbocycles. The maximum Gasteiger partial charge on any atom is 0.326 e. The number of rotatable bonds is 5. The number of nitro groups is 1. The topological polar surface area (TPSA) is 83.7 Å². The van der Waals surface area contributed by atoms with E-state index in [1.54, 1.807) is 39.1 Å². The van der Waals surface area contributed by atoms with Crippen LogP contribution in [0.2, 0.25) is 0 Å². The zero-order valence-corrected chi connectivity index (χ0v) is 10.6. The van der Waals surface area contributed by atoms with Crippen LogP contribution < -0.4 is 4.90 Å². The summed E-state index contributed by atoms with van der Waals surface area (Å²) >= 11 is 0. The standard InChI is InChI=1S/C12H16N2O4/c1-4-9(12(15)16)13(3)10-7-5-6-8(2)11(10)14(17)18/h5-7,9H,4H2,1-3H3,(H,15,16). The maximum atomic E-state index is 11.1. The molecule has 98 valence electrons. The van der Waals surface area contributed by atoms with E-state index in [-0.39, 0.29) is 5.69 Å². The molecule has 1 unspecified atom stereocenters. The van der Waals surface area contributed by atoms with E-state index in [0.717, 1.165) is 0 Å². The van der Waals surface area contributed by atoms with E-state index in [2.05, 4.69) is 0 Å². The summed E-state index contributed by atoms with van der Waals surface area (Å²) in [5.41, 5.74) is 0.804. The third-order valence-corrected chi connectivity index (χ3v) is 2.92. The number of carboxylic acids is 1. The minimum Gasteiger partial charge on any atom is -0.480 e. The number of hydrogen-bond acceptors (Lipinski definition) is 4. The van der Waals surface area contributed by atoms with Crippen LogP contribution in [0.3, 0.4) is 0 Å². The molecule has 0 heterocycles. The molecule has 0 aliphatic rings. The first-order valence-electron chi connectivity index (χ1n) is 5.59. The highest BCUT2D eigenvalue weighted by Crippen LogP contribution is 2.32. The van der Waals surface area contributed by atoms with Crippen LogP contribution >= 0.6 is 0 Å². The fourth-order valence-electron chi connectivity index (χ4n) is 1.95. The van der Waals surface area contributed by atoms with Crippen LogP contribution in [0, 0.1) is 17.0 Å². The lowest BCUT2D eigenvalue weighted by Gasteiger charge is -2.25. The van der Waals surface area contributed by atoms with E-state index in [4.69, 9.17) is 5.11 Å². The second-order valence-electron chi connectivity index (χ2n) is 4.07. The van der Waals surface area contributed by atoms with Crippen molar-refractivity contribution in [1.29, 1.82) is 0 Å². The van der Waals surface area contributed by atoms with Crippen molar-refractivity contribution in [2.75, 3.05) is 11.9 Å². The summed E-state index contributed by atoms with van der Waals surface area (Å²) in [5.74, 6) is -0.990. The molecule has 0 aromatic heterocycles. The summed E-state index contributed by atoms with van der Waals surface area (Å²) in [6, 6.07) is 4.11. The second kappa shape index (κ2) is 5.48. The van der Waals surface area contributed by atoms with Crippen molar-refractivity contribution in [1.82, 2.24) is 0 Å². The molecular weight excluding hydrogens is 236 g/mol. The fraction of sp³-hybridized carbons (Fsp3) is 0.417. The van der Waals surface area contributed by atoms with Gasteiger partial charge in [-0.2, -0.15) is 0 Å². The summed E-state index contributed by atoms with van der Waals surface area (Å²) in [6.07, 6.45) is 0.372. The summed E-state index contributed by atoms with van der Waals surface area (Å²) in [6.45, 7) is 3.37. The average molecular weight is 252 g/mol. The van der Waals surface area contributed by atoms with Crippen molar-refractivity contribution in [2.45, 2.75) is 26.3 Å². The first kappa shape index (κ1) is 14.0. The van der Waals surface area contributed by atoms with Crippen LogP contribution in [0.1, 0.15) is 18.9 Å². The van der Waals surface area contributed by atoms with Crippen LogP contribution in [0.25, 0.3) is 0 Å². The third-order valence-electron chi connectivity index (χ3n) is 2.92. The number of nitrogens with zero attached hydrogens (tertiary/aromatic N) is 2. The molecule has 1 aromatic rings. The number of para-hydroxylation sites is 1. The van der Waals surface area contributed by atoms with Crippen LogP contribution in [0.5, 0.6) is 0 Å². The van der Waals surface area contributed by atoms with Crippen molar-refractivity contribution < 1.29 is 14.8 Å². The normalized spacial score (nSPS) is 11.9. The molecule has 0 radical (unpaired) electrons. The molecule has 0 aliphatic carbocycles. The molecule has 0 bridgehead atoms. The zero-order chi connectivity index (χ0) is 13.9. The Bertz CT molecular complexity index is 473. The number of carbonyl (C=O) groups is 1. The Morgan fingerprint density at radius 1 is 1.56 bits per heavy atom. The molecular formula is C12H16N2O4. The van der Waals surface area contributed by atoms with Gasteiger partial charge in [-0.05, 0) is 19.4 Å². The molecule has 1 rings (SSSR count). The summed E-state index contributed by atoms with van der Waals surface area (Å²) in [4.78, 5) is 23.1.